The summed E-state index contributed by atoms with van der Waals surface area (Å²) in [5, 5.41) is 12.1. The topological polar surface area (TPSA) is 71.5 Å². The predicted octanol–water partition coefficient (Wildman–Crippen LogP) is 0.969. The summed E-state index contributed by atoms with van der Waals surface area (Å²) < 4.78 is 4.92. The Hall–Kier alpha value is -1.46. The van der Waals surface area contributed by atoms with E-state index in [0.717, 1.165) is 11.3 Å². The van der Waals surface area contributed by atoms with E-state index in [9.17, 15) is 4.79 Å². The molecule has 5 nitrogen and oxygen atoms in total. The molecule has 0 aromatic carbocycles. The van der Waals surface area contributed by atoms with Crippen molar-refractivity contribution < 1.29 is 14.6 Å². The number of ether oxygens (including phenoxy) is 1. The zero-order valence-electron chi connectivity index (χ0n) is 10.4. The van der Waals surface area contributed by atoms with Crippen LogP contribution in [0.5, 0.6) is 0 Å². The smallest absolute Gasteiger partial charge is 0.326 e. The van der Waals surface area contributed by atoms with Crippen LogP contribution in [0.25, 0.3) is 0 Å². The van der Waals surface area contributed by atoms with Crippen molar-refractivity contribution >= 4 is 5.97 Å². The summed E-state index contributed by atoms with van der Waals surface area (Å²) in [5.41, 5.74) is 0.797. The second-order valence-electron chi connectivity index (χ2n) is 4.23. The van der Waals surface area contributed by atoms with Gasteiger partial charge in [0.15, 0.2) is 0 Å². The molecule has 0 spiro atoms. The van der Waals surface area contributed by atoms with Crippen molar-refractivity contribution in [2.45, 2.75) is 25.9 Å². The van der Waals surface area contributed by atoms with Gasteiger partial charge in [-0.1, -0.05) is 6.07 Å². The Bertz CT molecular complexity index is 378. The van der Waals surface area contributed by atoms with Crippen LogP contribution < -0.4 is 5.32 Å². The molecule has 0 aliphatic rings. The molecule has 1 atom stereocenters. The fraction of sp³-hybridized carbons (Fsp3) is 0.500. The fourth-order valence-corrected chi connectivity index (χ4v) is 1.38. The van der Waals surface area contributed by atoms with Crippen molar-refractivity contribution in [1.82, 2.24) is 10.3 Å². The fourth-order valence-electron chi connectivity index (χ4n) is 1.38. The minimum Gasteiger partial charge on any atom is -0.480 e. The van der Waals surface area contributed by atoms with Gasteiger partial charge in [-0.25, -0.2) is 0 Å². The molecule has 1 heterocycles. The van der Waals surface area contributed by atoms with Crippen molar-refractivity contribution in [2.24, 2.45) is 0 Å². The van der Waals surface area contributed by atoms with Crippen LogP contribution in [0.2, 0.25) is 0 Å². The van der Waals surface area contributed by atoms with E-state index in [2.05, 4.69) is 10.3 Å². The van der Waals surface area contributed by atoms with Crippen LogP contribution in [0.15, 0.2) is 18.3 Å². The van der Waals surface area contributed by atoms with Gasteiger partial charge in [0.2, 0.25) is 0 Å². The number of rotatable bonds is 6. The molecule has 1 unspecified atom stereocenters. The molecule has 0 aliphatic carbocycles. The van der Waals surface area contributed by atoms with E-state index < -0.39 is 11.5 Å². The summed E-state index contributed by atoms with van der Waals surface area (Å²) in [6.07, 6.45) is 1.73. The van der Waals surface area contributed by atoms with Crippen molar-refractivity contribution in [3.63, 3.8) is 0 Å². The molecule has 0 amide bonds. The van der Waals surface area contributed by atoms with Gasteiger partial charge in [0.1, 0.15) is 5.54 Å². The molecule has 1 aromatic rings. The largest absolute Gasteiger partial charge is 0.480 e. The second kappa shape index (κ2) is 5.75. The first-order valence-corrected chi connectivity index (χ1v) is 5.37. The number of carboxylic acids is 1. The van der Waals surface area contributed by atoms with Gasteiger partial charge in [-0.05, 0) is 25.5 Å². The van der Waals surface area contributed by atoms with Crippen molar-refractivity contribution in [1.29, 1.82) is 0 Å². The monoisotopic (exact) mass is 238 g/mol. The number of carbonyl (C=O) groups is 1. The number of aryl methyl sites for hydroxylation is 1. The first-order chi connectivity index (χ1) is 7.98. The number of hydrogen-bond acceptors (Lipinski definition) is 4. The molecular weight excluding hydrogens is 220 g/mol. The Morgan fingerprint density at radius 1 is 1.59 bits per heavy atom. The standard InChI is InChI=1S/C12H18N2O3/c1-9-4-5-10(6-13-9)7-14-12(2,8-17-3)11(15)16/h4-6,14H,7-8H2,1-3H3,(H,15,16). The summed E-state index contributed by atoms with van der Waals surface area (Å²) in [6, 6.07) is 3.82. The number of nitrogens with one attached hydrogen (secondary N) is 1. The maximum Gasteiger partial charge on any atom is 0.326 e. The molecule has 1 rings (SSSR count). The van der Waals surface area contributed by atoms with E-state index in [1.807, 2.05) is 19.1 Å². The molecule has 2 N–H and O–H groups in total. The Kier molecular flexibility index (Phi) is 4.60. The lowest BCUT2D eigenvalue weighted by atomic mass is 10.0. The van der Waals surface area contributed by atoms with Gasteiger partial charge in [-0.2, -0.15) is 0 Å². The summed E-state index contributed by atoms with van der Waals surface area (Å²) >= 11 is 0. The number of aromatic nitrogens is 1. The second-order valence-corrected chi connectivity index (χ2v) is 4.23. The third-order valence-corrected chi connectivity index (χ3v) is 2.56. The third kappa shape index (κ3) is 3.80. The number of methoxy groups -OCH3 is 1. The van der Waals surface area contributed by atoms with Crippen LogP contribution in [-0.4, -0.2) is 35.3 Å². The van der Waals surface area contributed by atoms with E-state index in [0.29, 0.717) is 6.54 Å². The molecule has 0 saturated heterocycles. The van der Waals surface area contributed by atoms with Crippen LogP contribution in [0.1, 0.15) is 18.2 Å². The first kappa shape index (κ1) is 13.6. The zero-order valence-corrected chi connectivity index (χ0v) is 10.4. The highest BCUT2D eigenvalue weighted by molar-refractivity contribution is 5.78. The summed E-state index contributed by atoms with van der Waals surface area (Å²) in [6.45, 7) is 4.06. The highest BCUT2D eigenvalue weighted by Gasteiger charge is 2.32. The Morgan fingerprint density at radius 3 is 2.76 bits per heavy atom. The minimum absolute atomic E-state index is 0.113. The summed E-state index contributed by atoms with van der Waals surface area (Å²) in [5.74, 6) is -0.931. The van der Waals surface area contributed by atoms with E-state index in [1.54, 1.807) is 13.1 Å². The van der Waals surface area contributed by atoms with Gasteiger partial charge >= 0.3 is 5.97 Å². The van der Waals surface area contributed by atoms with Crippen LogP contribution >= 0.6 is 0 Å². The number of carboxylic acid groups (broad SMARTS) is 1. The summed E-state index contributed by atoms with van der Waals surface area (Å²) in [7, 11) is 1.48. The number of hydrogen-bond donors (Lipinski definition) is 2. The number of pyridine rings is 1. The molecule has 5 heteroatoms. The normalized spacial score (nSPS) is 14.3. The van der Waals surface area contributed by atoms with Crippen LogP contribution in [-0.2, 0) is 16.1 Å². The average Bonchev–Trinajstić information content (AvgIpc) is 2.28. The highest BCUT2D eigenvalue weighted by atomic mass is 16.5. The van der Waals surface area contributed by atoms with E-state index in [4.69, 9.17) is 9.84 Å². The average molecular weight is 238 g/mol. The third-order valence-electron chi connectivity index (χ3n) is 2.56. The van der Waals surface area contributed by atoms with Gasteiger partial charge in [0.25, 0.3) is 0 Å². The maximum atomic E-state index is 11.1. The quantitative estimate of drug-likeness (QED) is 0.772. The molecular formula is C12H18N2O3. The number of nitrogens with zero attached hydrogens (tertiary/aromatic N) is 1. The predicted molar refractivity (Wildman–Crippen MR) is 63.7 cm³/mol. The lowest BCUT2D eigenvalue weighted by molar-refractivity contribution is -0.146. The van der Waals surface area contributed by atoms with E-state index in [1.165, 1.54) is 7.11 Å². The Balaban J connectivity index is 2.64. The lowest BCUT2D eigenvalue weighted by Gasteiger charge is -2.25. The van der Waals surface area contributed by atoms with Gasteiger partial charge in [-0.3, -0.25) is 15.1 Å². The van der Waals surface area contributed by atoms with Crippen LogP contribution in [0.3, 0.4) is 0 Å². The maximum absolute atomic E-state index is 11.1. The highest BCUT2D eigenvalue weighted by Crippen LogP contribution is 2.07. The molecule has 0 bridgehead atoms. The number of aliphatic carboxylic acids is 1. The molecule has 94 valence electrons. The molecule has 0 saturated carbocycles. The zero-order chi connectivity index (χ0) is 12.9. The van der Waals surface area contributed by atoms with E-state index in [-0.39, 0.29) is 6.61 Å². The van der Waals surface area contributed by atoms with Crippen molar-refractivity contribution in [3.05, 3.63) is 29.6 Å². The van der Waals surface area contributed by atoms with Gasteiger partial charge in [0.05, 0.1) is 6.61 Å². The van der Waals surface area contributed by atoms with E-state index >= 15 is 0 Å². The minimum atomic E-state index is -1.08. The Labute approximate surface area is 101 Å². The Morgan fingerprint density at radius 2 is 2.29 bits per heavy atom. The summed E-state index contributed by atoms with van der Waals surface area (Å²) in [4.78, 5) is 15.3. The molecule has 1 aromatic heterocycles. The van der Waals surface area contributed by atoms with Crippen molar-refractivity contribution in [2.75, 3.05) is 13.7 Å². The molecule has 0 radical (unpaired) electrons. The molecule has 17 heavy (non-hydrogen) atoms. The van der Waals surface area contributed by atoms with Gasteiger partial charge in [0, 0.05) is 25.5 Å². The van der Waals surface area contributed by atoms with Crippen molar-refractivity contribution in [3.8, 4) is 0 Å². The van der Waals surface area contributed by atoms with Crippen LogP contribution in [0.4, 0.5) is 0 Å². The van der Waals surface area contributed by atoms with Crippen LogP contribution in [0, 0.1) is 6.92 Å². The molecule has 0 fully saturated rings. The SMILES string of the molecule is COCC(C)(NCc1ccc(C)nc1)C(=O)O. The van der Waals surface area contributed by atoms with Gasteiger partial charge < -0.3 is 9.84 Å². The lowest BCUT2D eigenvalue weighted by Crippen LogP contribution is -2.52. The van der Waals surface area contributed by atoms with Gasteiger partial charge in [-0.15, -0.1) is 0 Å². The first-order valence-electron chi connectivity index (χ1n) is 5.37. The molecule has 0 aliphatic heterocycles.